The van der Waals surface area contributed by atoms with Gasteiger partial charge in [-0.15, -0.1) is 0 Å². The topological polar surface area (TPSA) is 47.5 Å². The van der Waals surface area contributed by atoms with Crippen LogP contribution in [0, 0.1) is 0 Å². The van der Waals surface area contributed by atoms with Crippen LogP contribution in [0.1, 0.15) is 18.4 Å². The Labute approximate surface area is 136 Å². The predicted octanol–water partition coefficient (Wildman–Crippen LogP) is 2.29. The Morgan fingerprint density at radius 3 is 3.00 bits per heavy atom. The SMILES string of the molecule is c1ccc(O[C@H]2CC[C@H]3[C@H]2OCCN3Cc2cccnc2)nc1. The highest BCUT2D eigenvalue weighted by atomic mass is 16.5. The highest BCUT2D eigenvalue weighted by molar-refractivity contribution is 5.12. The monoisotopic (exact) mass is 311 g/mol. The highest BCUT2D eigenvalue weighted by Crippen LogP contribution is 2.33. The quantitative estimate of drug-likeness (QED) is 0.867. The maximum Gasteiger partial charge on any atom is 0.213 e. The summed E-state index contributed by atoms with van der Waals surface area (Å²) in [6, 6.07) is 10.3. The van der Waals surface area contributed by atoms with Crippen LogP contribution in [0.25, 0.3) is 0 Å². The summed E-state index contributed by atoms with van der Waals surface area (Å²) in [4.78, 5) is 11.0. The van der Waals surface area contributed by atoms with Crippen molar-refractivity contribution in [2.24, 2.45) is 0 Å². The Bertz CT molecular complexity index is 623. The fraction of sp³-hybridized carbons (Fsp3) is 0.444. The lowest BCUT2D eigenvalue weighted by Crippen LogP contribution is -2.51. The molecule has 2 aromatic rings. The van der Waals surface area contributed by atoms with E-state index in [2.05, 4.69) is 20.9 Å². The van der Waals surface area contributed by atoms with Crippen LogP contribution in [0.4, 0.5) is 0 Å². The van der Waals surface area contributed by atoms with E-state index in [1.165, 1.54) is 5.56 Å². The van der Waals surface area contributed by atoms with Gasteiger partial charge in [-0.05, 0) is 30.5 Å². The summed E-state index contributed by atoms with van der Waals surface area (Å²) < 4.78 is 12.1. The first-order valence-corrected chi connectivity index (χ1v) is 8.22. The van der Waals surface area contributed by atoms with E-state index in [1.807, 2.05) is 36.7 Å². The molecule has 0 bridgehead atoms. The number of pyridine rings is 2. The van der Waals surface area contributed by atoms with Crippen molar-refractivity contribution in [1.29, 1.82) is 0 Å². The molecule has 1 aliphatic heterocycles. The number of morpholine rings is 1. The molecule has 2 aliphatic rings. The fourth-order valence-corrected chi connectivity index (χ4v) is 3.61. The second kappa shape index (κ2) is 6.64. The Balaban J connectivity index is 1.44. The molecular formula is C18H21N3O2. The maximum absolute atomic E-state index is 6.07. The molecule has 1 saturated heterocycles. The lowest BCUT2D eigenvalue weighted by molar-refractivity contribution is -0.0922. The third-order valence-corrected chi connectivity index (χ3v) is 4.67. The van der Waals surface area contributed by atoms with E-state index in [4.69, 9.17) is 9.47 Å². The molecule has 0 spiro atoms. The standard InChI is InChI=1S/C18H21N3O2/c1-2-9-20-17(5-1)23-16-7-6-15-18(16)22-11-10-21(15)13-14-4-3-8-19-12-14/h1-5,8-9,12,15-16,18H,6-7,10-11,13H2/t15-,16-,18+/m0/s1. The van der Waals surface area contributed by atoms with Crippen molar-refractivity contribution >= 4 is 0 Å². The van der Waals surface area contributed by atoms with E-state index in [-0.39, 0.29) is 12.2 Å². The summed E-state index contributed by atoms with van der Waals surface area (Å²) in [5.41, 5.74) is 1.25. The van der Waals surface area contributed by atoms with E-state index in [0.717, 1.165) is 32.5 Å². The molecule has 0 N–H and O–H groups in total. The van der Waals surface area contributed by atoms with Gasteiger partial charge in [-0.3, -0.25) is 9.88 Å². The second-order valence-corrected chi connectivity index (χ2v) is 6.14. The van der Waals surface area contributed by atoms with Crippen molar-refractivity contribution in [1.82, 2.24) is 14.9 Å². The summed E-state index contributed by atoms with van der Waals surface area (Å²) in [5.74, 6) is 0.686. The Morgan fingerprint density at radius 2 is 2.17 bits per heavy atom. The zero-order valence-corrected chi connectivity index (χ0v) is 13.0. The van der Waals surface area contributed by atoms with Crippen molar-refractivity contribution < 1.29 is 9.47 Å². The van der Waals surface area contributed by atoms with Gasteiger partial charge in [-0.25, -0.2) is 4.98 Å². The zero-order valence-electron chi connectivity index (χ0n) is 13.0. The van der Waals surface area contributed by atoms with Gasteiger partial charge in [0.2, 0.25) is 5.88 Å². The first kappa shape index (κ1) is 14.6. The Kier molecular flexibility index (Phi) is 4.22. The number of rotatable bonds is 4. The molecule has 1 aliphatic carbocycles. The van der Waals surface area contributed by atoms with Crippen LogP contribution in [0.15, 0.2) is 48.9 Å². The predicted molar refractivity (Wildman–Crippen MR) is 86.1 cm³/mol. The van der Waals surface area contributed by atoms with E-state index in [9.17, 15) is 0 Å². The Hall–Kier alpha value is -1.98. The van der Waals surface area contributed by atoms with Gasteiger partial charge in [0, 0.05) is 43.8 Å². The zero-order chi connectivity index (χ0) is 15.5. The molecule has 2 aromatic heterocycles. The van der Waals surface area contributed by atoms with Crippen LogP contribution < -0.4 is 4.74 Å². The first-order chi connectivity index (χ1) is 11.4. The average Bonchev–Trinajstić information content (AvgIpc) is 3.01. The number of fused-ring (bicyclic) bond motifs is 1. The molecule has 5 heteroatoms. The number of nitrogens with zero attached hydrogens (tertiary/aromatic N) is 3. The molecule has 0 aromatic carbocycles. The minimum atomic E-state index is 0.0894. The smallest absolute Gasteiger partial charge is 0.213 e. The minimum absolute atomic E-state index is 0.0894. The van der Waals surface area contributed by atoms with E-state index in [0.29, 0.717) is 11.9 Å². The van der Waals surface area contributed by atoms with Crippen molar-refractivity contribution in [3.63, 3.8) is 0 Å². The van der Waals surface area contributed by atoms with Crippen LogP contribution >= 0.6 is 0 Å². The van der Waals surface area contributed by atoms with E-state index >= 15 is 0 Å². The lowest BCUT2D eigenvalue weighted by Gasteiger charge is -2.38. The van der Waals surface area contributed by atoms with E-state index in [1.54, 1.807) is 6.20 Å². The average molecular weight is 311 g/mol. The van der Waals surface area contributed by atoms with Crippen LogP contribution in [0.5, 0.6) is 5.88 Å². The summed E-state index contributed by atoms with van der Waals surface area (Å²) in [6.07, 6.45) is 7.85. The van der Waals surface area contributed by atoms with Crippen LogP contribution in [-0.2, 0) is 11.3 Å². The number of hydrogen-bond donors (Lipinski definition) is 0. The van der Waals surface area contributed by atoms with Gasteiger partial charge in [-0.1, -0.05) is 12.1 Å². The molecule has 23 heavy (non-hydrogen) atoms. The normalized spacial score (nSPS) is 27.6. The van der Waals surface area contributed by atoms with Crippen LogP contribution in [-0.4, -0.2) is 46.3 Å². The molecule has 4 rings (SSSR count). The maximum atomic E-state index is 6.07. The molecular weight excluding hydrogens is 290 g/mol. The third kappa shape index (κ3) is 3.21. The van der Waals surface area contributed by atoms with Gasteiger partial charge in [0.25, 0.3) is 0 Å². The largest absolute Gasteiger partial charge is 0.472 e. The van der Waals surface area contributed by atoms with Gasteiger partial charge in [0.05, 0.1) is 6.61 Å². The summed E-state index contributed by atoms with van der Waals surface area (Å²) in [5, 5.41) is 0. The molecule has 1 saturated carbocycles. The van der Waals surface area contributed by atoms with Crippen molar-refractivity contribution in [2.45, 2.75) is 37.6 Å². The molecule has 3 heterocycles. The Morgan fingerprint density at radius 1 is 1.17 bits per heavy atom. The summed E-state index contributed by atoms with van der Waals surface area (Å²) in [6.45, 7) is 2.64. The fourth-order valence-electron chi connectivity index (χ4n) is 3.61. The van der Waals surface area contributed by atoms with Crippen molar-refractivity contribution in [2.75, 3.05) is 13.2 Å². The molecule has 5 nitrogen and oxygen atoms in total. The number of aromatic nitrogens is 2. The van der Waals surface area contributed by atoms with Crippen molar-refractivity contribution in [3.8, 4) is 5.88 Å². The molecule has 0 unspecified atom stereocenters. The number of hydrogen-bond acceptors (Lipinski definition) is 5. The van der Waals surface area contributed by atoms with Gasteiger partial charge in [0.15, 0.2) is 0 Å². The minimum Gasteiger partial charge on any atom is -0.472 e. The molecule has 2 fully saturated rings. The first-order valence-electron chi connectivity index (χ1n) is 8.22. The molecule has 3 atom stereocenters. The van der Waals surface area contributed by atoms with Gasteiger partial charge >= 0.3 is 0 Å². The summed E-state index contributed by atoms with van der Waals surface area (Å²) >= 11 is 0. The number of ether oxygens (including phenoxy) is 2. The van der Waals surface area contributed by atoms with E-state index < -0.39 is 0 Å². The van der Waals surface area contributed by atoms with Crippen molar-refractivity contribution in [3.05, 3.63) is 54.5 Å². The molecule has 0 radical (unpaired) electrons. The highest BCUT2D eigenvalue weighted by Gasteiger charge is 2.44. The molecule has 0 amide bonds. The van der Waals surface area contributed by atoms with Gasteiger partial charge in [-0.2, -0.15) is 0 Å². The second-order valence-electron chi connectivity index (χ2n) is 6.14. The summed E-state index contributed by atoms with van der Waals surface area (Å²) in [7, 11) is 0. The molecule has 120 valence electrons. The lowest BCUT2D eigenvalue weighted by atomic mass is 10.1. The van der Waals surface area contributed by atoms with Gasteiger partial charge in [0.1, 0.15) is 12.2 Å². The van der Waals surface area contributed by atoms with Crippen LogP contribution in [0.2, 0.25) is 0 Å². The van der Waals surface area contributed by atoms with Gasteiger partial charge < -0.3 is 9.47 Å². The third-order valence-electron chi connectivity index (χ3n) is 4.67. The van der Waals surface area contributed by atoms with Crippen LogP contribution in [0.3, 0.4) is 0 Å².